The molecule has 5 aliphatic rings. The Labute approximate surface area is 183 Å². The molecular formula is C27H29NO3. The highest BCUT2D eigenvalue weighted by Gasteiger charge is 2.68. The van der Waals surface area contributed by atoms with E-state index in [1.807, 2.05) is 18.2 Å². The van der Waals surface area contributed by atoms with Gasteiger partial charge in [0.15, 0.2) is 23.4 Å². The predicted octanol–water partition coefficient (Wildman–Crippen LogP) is 4.19. The van der Waals surface area contributed by atoms with Gasteiger partial charge in [0.05, 0.1) is 0 Å². The summed E-state index contributed by atoms with van der Waals surface area (Å²) in [6.07, 6.45) is 6.23. The van der Waals surface area contributed by atoms with Gasteiger partial charge in [-0.3, -0.25) is 4.79 Å². The fourth-order valence-corrected chi connectivity index (χ4v) is 7.19. The Bertz CT molecular complexity index is 1050. The average molecular weight is 416 g/mol. The summed E-state index contributed by atoms with van der Waals surface area (Å²) in [6.45, 7) is 1.65. The highest BCUT2D eigenvalue weighted by molar-refractivity contribution is 5.89. The first-order valence-corrected chi connectivity index (χ1v) is 12.0. The zero-order chi connectivity index (χ0) is 20.6. The number of rotatable bonds is 6. The van der Waals surface area contributed by atoms with E-state index in [1.54, 1.807) is 0 Å². The molecule has 1 N–H and O–H groups in total. The maximum atomic E-state index is 13.1. The lowest BCUT2D eigenvalue weighted by Gasteiger charge is -2.41. The van der Waals surface area contributed by atoms with E-state index >= 15 is 0 Å². The summed E-state index contributed by atoms with van der Waals surface area (Å²) in [7, 11) is 0. The average Bonchev–Trinajstić information content (AvgIpc) is 3.50. The minimum atomic E-state index is -0.322. The lowest BCUT2D eigenvalue weighted by molar-refractivity contribution is -0.132. The van der Waals surface area contributed by atoms with Crippen LogP contribution in [-0.4, -0.2) is 24.5 Å². The largest absolute Gasteiger partial charge is 0.485 e. The van der Waals surface area contributed by atoms with E-state index in [0.717, 1.165) is 48.8 Å². The Morgan fingerprint density at radius 3 is 2.81 bits per heavy atom. The number of Topliss-reactive ketones (excluding diaryl/α,β-unsaturated/α-hetero) is 1. The quantitative estimate of drug-likeness (QED) is 0.769. The second-order valence-electron chi connectivity index (χ2n) is 10.4. The van der Waals surface area contributed by atoms with Gasteiger partial charge < -0.3 is 14.8 Å². The summed E-state index contributed by atoms with van der Waals surface area (Å²) in [5.41, 5.74) is 3.69. The van der Waals surface area contributed by atoms with Crippen molar-refractivity contribution in [3.63, 3.8) is 0 Å². The molecule has 1 aliphatic heterocycles. The number of hydrogen-bond acceptors (Lipinski definition) is 4. The Hall–Kier alpha value is -2.33. The van der Waals surface area contributed by atoms with Gasteiger partial charge in [0.25, 0.3) is 0 Å². The molecule has 1 spiro atoms. The summed E-state index contributed by atoms with van der Waals surface area (Å²) in [5.74, 6) is 3.91. The molecule has 0 amide bonds. The normalized spacial score (nSPS) is 34.4. The zero-order valence-electron chi connectivity index (χ0n) is 17.8. The number of ether oxygens (including phenoxy) is 2. The van der Waals surface area contributed by atoms with Gasteiger partial charge in [-0.2, -0.15) is 0 Å². The summed E-state index contributed by atoms with van der Waals surface area (Å²) < 4.78 is 12.8. The molecule has 0 aromatic heterocycles. The first-order chi connectivity index (χ1) is 15.2. The van der Waals surface area contributed by atoms with Gasteiger partial charge in [-0.15, -0.1) is 0 Å². The van der Waals surface area contributed by atoms with Gasteiger partial charge in [-0.05, 0) is 73.6 Å². The standard InChI is InChI=1S/C27H29NO3/c29-21-10-9-20-24(28-14-16-6-7-16)19-12-18-8-11-22(30-15-17-4-2-1-3-5-17)25-23(18)27(20,13-19)26(21)31-25/h1-5,8,11,16,19-20,24,26,28H,6-7,9-10,12-15H2/t19?,20-,24+,26?,27?/m1/s1. The van der Waals surface area contributed by atoms with Crippen LogP contribution < -0.4 is 14.8 Å². The Morgan fingerprint density at radius 2 is 1.97 bits per heavy atom. The van der Waals surface area contributed by atoms with Crippen molar-refractivity contribution in [1.82, 2.24) is 5.32 Å². The Kier molecular flexibility index (Phi) is 3.88. The third-order valence-corrected chi connectivity index (χ3v) is 8.63. The van der Waals surface area contributed by atoms with Crippen LogP contribution in [0.15, 0.2) is 42.5 Å². The molecule has 0 radical (unpaired) electrons. The molecule has 5 atom stereocenters. The van der Waals surface area contributed by atoms with Crippen molar-refractivity contribution in [3.8, 4) is 11.5 Å². The lowest BCUT2D eigenvalue weighted by Crippen LogP contribution is -2.53. The van der Waals surface area contributed by atoms with Crippen LogP contribution in [0.3, 0.4) is 0 Å². The Morgan fingerprint density at radius 1 is 1.10 bits per heavy atom. The molecule has 2 aromatic rings. The molecule has 4 nitrogen and oxygen atoms in total. The van der Waals surface area contributed by atoms with Gasteiger partial charge in [0, 0.05) is 23.4 Å². The van der Waals surface area contributed by atoms with Gasteiger partial charge in [-0.1, -0.05) is 36.4 Å². The topological polar surface area (TPSA) is 47.6 Å². The van der Waals surface area contributed by atoms with E-state index < -0.39 is 0 Å². The van der Waals surface area contributed by atoms with E-state index in [2.05, 4.69) is 29.6 Å². The first kappa shape index (κ1) is 18.3. The van der Waals surface area contributed by atoms with Crippen molar-refractivity contribution in [3.05, 3.63) is 59.2 Å². The molecule has 2 bridgehead atoms. The van der Waals surface area contributed by atoms with Crippen molar-refractivity contribution in [1.29, 1.82) is 0 Å². The smallest absolute Gasteiger partial charge is 0.174 e. The predicted molar refractivity (Wildman–Crippen MR) is 117 cm³/mol. The van der Waals surface area contributed by atoms with Gasteiger partial charge in [0.1, 0.15) is 6.61 Å². The molecule has 0 saturated heterocycles. The van der Waals surface area contributed by atoms with Crippen LogP contribution in [0.25, 0.3) is 0 Å². The third kappa shape index (κ3) is 2.60. The molecule has 160 valence electrons. The first-order valence-electron chi connectivity index (χ1n) is 12.0. The van der Waals surface area contributed by atoms with Crippen molar-refractivity contribution in [2.45, 2.75) is 62.7 Å². The van der Waals surface area contributed by atoms with Crippen molar-refractivity contribution in [2.24, 2.45) is 17.8 Å². The van der Waals surface area contributed by atoms with Crippen LogP contribution in [0.2, 0.25) is 0 Å². The van der Waals surface area contributed by atoms with Crippen LogP contribution in [-0.2, 0) is 23.2 Å². The van der Waals surface area contributed by atoms with Crippen molar-refractivity contribution in [2.75, 3.05) is 6.54 Å². The molecule has 4 heteroatoms. The number of hydrogen-bond donors (Lipinski definition) is 1. The summed E-state index contributed by atoms with van der Waals surface area (Å²) in [5, 5.41) is 3.97. The molecule has 1 heterocycles. The molecular weight excluding hydrogens is 386 g/mol. The fraction of sp³-hybridized carbons (Fsp3) is 0.519. The van der Waals surface area contributed by atoms with E-state index in [4.69, 9.17) is 9.47 Å². The van der Waals surface area contributed by atoms with Crippen LogP contribution in [0.4, 0.5) is 0 Å². The molecule has 3 unspecified atom stereocenters. The number of carbonyl (C=O) groups is 1. The fourth-order valence-electron chi connectivity index (χ4n) is 7.19. The van der Waals surface area contributed by atoms with Crippen LogP contribution in [0.5, 0.6) is 11.5 Å². The van der Waals surface area contributed by atoms with E-state index in [-0.39, 0.29) is 17.3 Å². The minimum Gasteiger partial charge on any atom is -0.485 e. The van der Waals surface area contributed by atoms with Crippen molar-refractivity contribution < 1.29 is 14.3 Å². The summed E-state index contributed by atoms with van der Waals surface area (Å²) in [6, 6.07) is 15.1. The van der Waals surface area contributed by atoms with E-state index in [0.29, 0.717) is 30.9 Å². The molecule has 2 aromatic carbocycles. The number of nitrogens with one attached hydrogen (secondary N) is 1. The molecule has 3 fully saturated rings. The zero-order valence-corrected chi connectivity index (χ0v) is 17.8. The minimum absolute atomic E-state index is 0.143. The highest BCUT2D eigenvalue weighted by Crippen LogP contribution is 2.66. The van der Waals surface area contributed by atoms with Gasteiger partial charge >= 0.3 is 0 Å². The number of ketones is 1. The maximum absolute atomic E-state index is 13.1. The van der Waals surface area contributed by atoms with Gasteiger partial charge in [-0.25, -0.2) is 0 Å². The molecule has 7 rings (SSSR count). The SMILES string of the molecule is O=C1CC[C@@H]2[C@@H](NCC3CC3)C3Cc4ccc(OCc5ccccc5)c5c4C2(C3)C1O5. The van der Waals surface area contributed by atoms with E-state index in [9.17, 15) is 4.79 Å². The molecule has 31 heavy (non-hydrogen) atoms. The second-order valence-corrected chi connectivity index (χ2v) is 10.4. The van der Waals surface area contributed by atoms with Crippen LogP contribution >= 0.6 is 0 Å². The monoisotopic (exact) mass is 415 g/mol. The maximum Gasteiger partial charge on any atom is 0.174 e. The van der Waals surface area contributed by atoms with Gasteiger partial charge in [0.2, 0.25) is 0 Å². The van der Waals surface area contributed by atoms with Crippen LogP contribution in [0.1, 0.15) is 48.8 Å². The second kappa shape index (κ2) is 6.59. The summed E-state index contributed by atoms with van der Waals surface area (Å²) >= 11 is 0. The summed E-state index contributed by atoms with van der Waals surface area (Å²) in [4.78, 5) is 13.1. The highest BCUT2D eigenvalue weighted by atomic mass is 16.5. The van der Waals surface area contributed by atoms with Crippen LogP contribution in [0, 0.1) is 17.8 Å². The lowest BCUT2D eigenvalue weighted by atomic mass is 9.60. The molecule has 4 aliphatic carbocycles. The number of carbonyl (C=O) groups excluding carboxylic acids is 1. The number of benzene rings is 2. The Balaban J connectivity index is 1.27. The van der Waals surface area contributed by atoms with E-state index in [1.165, 1.54) is 24.0 Å². The van der Waals surface area contributed by atoms with Crippen molar-refractivity contribution >= 4 is 5.78 Å². The molecule has 3 saturated carbocycles. The third-order valence-electron chi connectivity index (χ3n) is 8.63. The number of fused-ring (bicyclic) bond motifs is 1.